The average molecular weight is 555 g/mol. The van der Waals surface area contributed by atoms with Crippen LogP contribution in [-0.4, -0.2) is 15.3 Å². The minimum Gasteiger partial charge on any atom is -0.305 e. The highest BCUT2D eigenvalue weighted by atomic mass is 33.1. The number of unbranched alkanes of at least 4 members (excludes halogenated alkanes) is 18. The molecule has 7 heteroatoms. The zero-order valence-electron chi connectivity index (χ0n) is 21.7. The monoisotopic (exact) mass is 554 g/mol. The Kier molecular flexibility index (Phi) is 30.6. The number of thiol groups is 2. The van der Waals surface area contributed by atoms with Crippen LogP contribution in [0.4, 0.5) is 0 Å². The first kappa shape index (κ1) is 34.2. The molecule has 1 aliphatic rings. The summed E-state index contributed by atoms with van der Waals surface area (Å²) in [4.78, 5) is 0. The SMILES string of the molecule is CCCCCCCCCCCCSSCCCCCCCCCCCC.SC1=CNN(S)S1. The predicted octanol–water partition coefficient (Wildman–Crippen LogP) is 11.2. The lowest BCUT2D eigenvalue weighted by molar-refractivity contribution is 0.563. The van der Waals surface area contributed by atoms with Crippen molar-refractivity contribution < 1.29 is 0 Å². The van der Waals surface area contributed by atoms with Crippen LogP contribution in [0.5, 0.6) is 0 Å². The van der Waals surface area contributed by atoms with Gasteiger partial charge in [0.2, 0.25) is 0 Å². The van der Waals surface area contributed by atoms with Crippen LogP contribution >= 0.6 is 59.0 Å². The Bertz CT molecular complexity index is 386. The zero-order chi connectivity index (χ0) is 24.2. The molecule has 1 rings (SSSR count). The molecular weight excluding hydrogens is 501 g/mol. The van der Waals surface area contributed by atoms with Gasteiger partial charge in [-0.25, -0.2) is 0 Å². The number of hydrogen-bond acceptors (Lipinski definition) is 7. The maximum absolute atomic E-state index is 4.02. The molecule has 0 aromatic heterocycles. The molecule has 0 radical (unpaired) electrons. The quantitative estimate of drug-likeness (QED) is 0.0502. The van der Waals surface area contributed by atoms with E-state index in [4.69, 9.17) is 0 Å². The van der Waals surface area contributed by atoms with Gasteiger partial charge in [0.1, 0.15) is 0 Å². The van der Waals surface area contributed by atoms with Crippen LogP contribution in [0.3, 0.4) is 0 Å². The third-order valence-electron chi connectivity index (χ3n) is 5.72. The minimum absolute atomic E-state index is 0.926. The van der Waals surface area contributed by atoms with Crippen molar-refractivity contribution in [3.05, 3.63) is 10.4 Å². The summed E-state index contributed by atoms with van der Waals surface area (Å²) in [6.07, 6.45) is 30.8. The Balaban J connectivity index is 0.00000123. The largest absolute Gasteiger partial charge is 0.305 e. The van der Waals surface area contributed by atoms with Crippen molar-refractivity contribution in [1.82, 2.24) is 9.25 Å². The van der Waals surface area contributed by atoms with Gasteiger partial charge in [-0.1, -0.05) is 164 Å². The van der Waals surface area contributed by atoms with Crippen LogP contribution in [0.2, 0.25) is 0 Å². The Morgan fingerprint density at radius 1 is 0.636 bits per heavy atom. The van der Waals surface area contributed by atoms with Gasteiger partial charge in [-0.15, -0.1) is 16.4 Å². The summed E-state index contributed by atoms with van der Waals surface area (Å²) in [7, 11) is 4.25. The fourth-order valence-electron chi connectivity index (χ4n) is 3.67. The van der Waals surface area contributed by atoms with Gasteiger partial charge in [0.25, 0.3) is 0 Å². The molecule has 33 heavy (non-hydrogen) atoms. The fraction of sp³-hybridized carbons (Fsp3) is 0.923. The number of rotatable bonds is 23. The predicted molar refractivity (Wildman–Crippen MR) is 167 cm³/mol. The topological polar surface area (TPSA) is 15.3 Å². The Morgan fingerprint density at radius 2 is 0.970 bits per heavy atom. The summed E-state index contributed by atoms with van der Waals surface area (Å²) in [5.41, 5.74) is 2.79. The molecule has 0 spiro atoms. The highest BCUT2D eigenvalue weighted by molar-refractivity contribution is 8.76. The van der Waals surface area contributed by atoms with E-state index >= 15 is 0 Å². The van der Waals surface area contributed by atoms with Crippen molar-refractivity contribution in [2.75, 3.05) is 11.5 Å². The first-order valence-electron chi connectivity index (χ1n) is 13.8. The summed E-state index contributed by atoms with van der Waals surface area (Å²) < 4.78 is 2.50. The van der Waals surface area contributed by atoms with E-state index in [0.717, 1.165) is 4.24 Å². The van der Waals surface area contributed by atoms with Crippen LogP contribution in [0, 0.1) is 0 Å². The molecule has 0 saturated carbocycles. The third kappa shape index (κ3) is 29.4. The molecular formula is C26H54N2S5. The molecule has 0 unspecified atom stereocenters. The summed E-state index contributed by atoms with van der Waals surface area (Å²) in [6.45, 7) is 4.60. The summed E-state index contributed by atoms with van der Waals surface area (Å²) >= 11 is 9.39. The summed E-state index contributed by atoms with van der Waals surface area (Å²) in [5.74, 6) is 2.75. The molecule has 0 atom stereocenters. The van der Waals surface area contributed by atoms with Gasteiger partial charge in [-0.05, 0) is 24.8 Å². The van der Waals surface area contributed by atoms with Crippen molar-refractivity contribution in [3.63, 3.8) is 0 Å². The second-order valence-electron chi connectivity index (χ2n) is 8.98. The van der Waals surface area contributed by atoms with Crippen LogP contribution in [0.25, 0.3) is 0 Å². The first-order valence-corrected chi connectivity index (χ1v) is 17.9. The maximum atomic E-state index is 4.02. The number of nitrogens with zero attached hydrogens (tertiary/aromatic N) is 1. The highest BCUT2D eigenvalue weighted by Gasteiger charge is 2.05. The van der Waals surface area contributed by atoms with Crippen molar-refractivity contribution in [2.24, 2.45) is 0 Å². The van der Waals surface area contributed by atoms with Gasteiger partial charge in [-0.3, -0.25) is 0 Å². The summed E-state index contributed by atoms with van der Waals surface area (Å²) in [6, 6.07) is 0. The lowest BCUT2D eigenvalue weighted by atomic mass is 10.1. The zero-order valence-corrected chi connectivity index (χ0v) is 25.9. The van der Waals surface area contributed by atoms with Gasteiger partial charge < -0.3 is 5.43 Å². The molecule has 0 aliphatic carbocycles. The lowest BCUT2D eigenvalue weighted by Crippen LogP contribution is -2.10. The van der Waals surface area contributed by atoms with Crippen LogP contribution in [-0.2, 0) is 0 Å². The standard InChI is InChI=1S/C24H50S2.C2H4N2S3/c1-3-5-7-9-11-13-15-17-19-21-23-25-26-24-22-20-18-16-14-12-10-8-6-4-2;5-2-1-3-4(6)7-2/h3-24H2,1-2H3;1,3,5-6H. The van der Waals surface area contributed by atoms with Gasteiger partial charge in [0.15, 0.2) is 0 Å². The third-order valence-corrected chi connectivity index (χ3v) is 9.62. The maximum Gasteiger partial charge on any atom is 0.0726 e. The Labute approximate surface area is 231 Å². The molecule has 0 aromatic rings. The van der Waals surface area contributed by atoms with E-state index in [0.29, 0.717) is 0 Å². The molecule has 1 heterocycles. The number of nitrogens with one attached hydrogen (secondary N) is 1. The molecule has 0 saturated heterocycles. The Morgan fingerprint density at radius 3 is 1.21 bits per heavy atom. The molecule has 2 nitrogen and oxygen atoms in total. The van der Waals surface area contributed by atoms with E-state index in [1.165, 1.54) is 152 Å². The normalized spacial score (nSPS) is 13.5. The van der Waals surface area contributed by atoms with E-state index in [2.05, 4.69) is 66.3 Å². The molecule has 0 amide bonds. The van der Waals surface area contributed by atoms with E-state index in [9.17, 15) is 0 Å². The van der Waals surface area contributed by atoms with E-state index in [1.807, 2.05) is 0 Å². The second-order valence-corrected chi connectivity index (χ2v) is 14.1. The number of hydrogen-bond donors (Lipinski definition) is 3. The molecule has 0 fully saturated rings. The van der Waals surface area contributed by atoms with Crippen molar-refractivity contribution in [1.29, 1.82) is 0 Å². The van der Waals surface area contributed by atoms with Gasteiger partial charge in [0, 0.05) is 17.7 Å². The minimum atomic E-state index is 0.926. The smallest absolute Gasteiger partial charge is 0.0726 e. The van der Waals surface area contributed by atoms with Gasteiger partial charge in [0.05, 0.1) is 4.24 Å². The molecule has 1 aliphatic heterocycles. The van der Waals surface area contributed by atoms with E-state index < -0.39 is 0 Å². The molecule has 1 N–H and O–H groups in total. The molecule has 0 bridgehead atoms. The van der Waals surface area contributed by atoms with Crippen molar-refractivity contribution in [2.45, 2.75) is 142 Å². The lowest BCUT2D eigenvalue weighted by Gasteiger charge is -2.04. The molecule has 0 aromatic carbocycles. The van der Waals surface area contributed by atoms with Crippen LogP contribution in [0.1, 0.15) is 142 Å². The second kappa shape index (κ2) is 29.5. The fourth-order valence-corrected chi connectivity index (χ4v) is 7.17. The number of hydrazine groups is 1. The van der Waals surface area contributed by atoms with Crippen molar-refractivity contribution >= 4 is 59.0 Å². The summed E-state index contributed by atoms with van der Waals surface area (Å²) in [5, 5.41) is 0. The average Bonchev–Trinajstić information content (AvgIpc) is 3.20. The first-order chi connectivity index (χ1) is 16.2. The van der Waals surface area contributed by atoms with Gasteiger partial charge in [-0.2, -0.15) is 0 Å². The van der Waals surface area contributed by atoms with Gasteiger partial charge >= 0.3 is 0 Å². The van der Waals surface area contributed by atoms with Crippen LogP contribution in [0.15, 0.2) is 10.4 Å². The van der Waals surface area contributed by atoms with E-state index in [1.54, 1.807) is 10.0 Å². The van der Waals surface area contributed by atoms with E-state index in [-0.39, 0.29) is 0 Å². The Hall–Kier alpha value is 1.25. The van der Waals surface area contributed by atoms with Crippen LogP contribution < -0.4 is 5.43 Å². The highest BCUT2D eigenvalue weighted by Crippen LogP contribution is 2.27. The molecule has 198 valence electrons. The van der Waals surface area contributed by atoms with Crippen molar-refractivity contribution in [3.8, 4) is 0 Å².